The molecule has 0 aliphatic carbocycles. The summed E-state index contributed by atoms with van der Waals surface area (Å²) in [7, 11) is 3.82. The minimum Gasteiger partial charge on any atom is -0.445 e. The highest BCUT2D eigenvalue weighted by Gasteiger charge is 2.53. The highest BCUT2D eigenvalue weighted by atomic mass is 16.5. The highest BCUT2D eigenvalue weighted by Crippen LogP contribution is 2.31. The lowest BCUT2D eigenvalue weighted by Crippen LogP contribution is -2.53. The molecule has 2 aromatic carbocycles. The number of carbonyl (C=O) groups is 5. The van der Waals surface area contributed by atoms with Gasteiger partial charge in [-0.1, -0.05) is 51.1 Å². The SMILES string of the molecule is CCC(NC(=O)OCc1ccccc1)C(=O)N1CC(=O)C2C1CCN2C(=O)C(CC(C)C)NC(=O)c1ccc(N(C)C)cc1. The summed E-state index contributed by atoms with van der Waals surface area (Å²) in [6.07, 6.45) is 0.417. The maximum atomic E-state index is 13.9. The van der Waals surface area contributed by atoms with Gasteiger partial charge in [-0.3, -0.25) is 19.2 Å². The van der Waals surface area contributed by atoms with Crippen LogP contribution in [0, 0.1) is 5.92 Å². The summed E-state index contributed by atoms with van der Waals surface area (Å²) < 4.78 is 5.29. The van der Waals surface area contributed by atoms with Crippen molar-refractivity contribution in [3.8, 4) is 0 Å². The number of anilines is 1. The van der Waals surface area contributed by atoms with Gasteiger partial charge < -0.3 is 30.1 Å². The first-order chi connectivity index (χ1) is 21.0. The largest absolute Gasteiger partial charge is 0.445 e. The molecule has 4 atom stereocenters. The third-order valence-electron chi connectivity index (χ3n) is 8.16. The summed E-state index contributed by atoms with van der Waals surface area (Å²) in [5.41, 5.74) is 2.20. The number of amides is 4. The molecule has 2 saturated heterocycles. The van der Waals surface area contributed by atoms with Crippen LogP contribution in [0.25, 0.3) is 0 Å². The molecular formula is C33H43N5O6. The lowest BCUT2D eigenvalue weighted by Gasteiger charge is -2.29. The average Bonchev–Trinajstić information content (AvgIpc) is 3.59. The molecule has 0 aromatic heterocycles. The van der Waals surface area contributed by atoms with Crippen LogP contribution in [0.2, 0.25) is 0 Å². The maximum Gasteiger partial charge on any atom is 0.408 e. The number of likely N-dealkylation sites (tertiary alicyclic amines) is 2. The molecule has 2 heterocycles. The first-order valence-corrected chi connectivity index (χ1v) is 15.2. The predicted molar refractivity (Wildman–Crippen MR) is 166 cm³/mol. The summed E-state index contributed by atoms with van der Waals surface area (Å²) in [4.78, 5) is 71.2. The third-order valence-corrected chi connectivity index (χ3v) is 8.16. The molecule has 2 aliphatic rings. The Morgan fingerprint density at radius 3 is 2.20 bits per heavy atom. The summed E-state index contributed by atoms with van der Waals surface area (Å²) in [5, 5.41) is 5.53. The van der Waals surface area contributed by atoms with E-state index in [9.17, 15) is 24.0 Å². The van der Waals surface area contributed by atoms with Crippen LogP contribution < -0.4 is 15.5 Å². The summed E-state index contributed by atoms with van der Waals surface area (Å²) in [6.45, 7) is 5.91. The van der Waals surface area contributed by atoms with Crippen LogP contribution in [0.5, 0.6) is 0 Å². The number of hydrogen-bond acceptors (Lipinski definition) is 7. The van der Waals surface area contributed by atoms with Crippen LogP contribution in [0.4, 0.5) is 10.5 Å². The van der Waals surface area contributed by atoms with Gasteiger partial charge in [0.15, 0.2) is 5.78 Å². The van der Waals surface area contributed by atoms with Crippen molar-refractivity contribution in [2.45, 2.75) is 70.8 Å². The van der Waals surface area contributed by atoms with Gasteiger partial charge in [0.2, 0.25) is 11.8 Å². The molecule has 0 saturated carbocycles. The van der Waals surface area contributed by atoms with Gasteiger partial charge in [0.1, 0.15) is 24.7 Å². The van der Waals surface area contributed by atoms with E-state index in [2.05, 4.69) is 10.6 Å². The minimum absolute atomic E-state index is 0.0662. The number of alkyl carbamates (subject to hydrolysis) is 1. The second kappa shape index (κ2) is 14.4. The zero-order chi connectivity index (χ0) is 32.0. The van der Waals surface area contributed by atoms with Crippen molar-refractivity contribution in [3.05, 3.63) is 65.7 Å². The molecule has 2 aliphatic heterocycles. The van der Waals surface area contributed by atoms with Gasteiger partial charge in [-0.05, 0) is 55.0 Å². The molecule has 11 nitrogen and oxygen atoms in total. The quantitative estimate of drug-likeness (QED) is 0.403. The summed E-state index contributed by atoms with van der Waals surface area (Å²) in [6, 6.07) is 13.3. The Morgan fingerprint density at radius 1 is 0.932 bits per heavy atom. The fourth-order valence-electron chi connectivity index (χ4n) is 5.85. The zero-order valence-electron chi connectivity index (χ0n) is 26.1. The van der Waals surface area contributed by atoms with Gasteiger partial charge in [-0.25, -0.2) is 4.79 Å². The zero-order valence-corrected chi connectivity index (χ0v) is 26.1. The van der Waals surface area contributed by atoms with Crippen LogP contribution >= 0.6 is 0 Å². The van der Waals surface area contributed by atoms with Crippen LogP contribution in [-0.4, -0.2) is 90.8 Å². The lowest BCUT2D eigenvalue weighted by atomic mass is 10.0. The number of hydrogen-bond donors (Lipinski definition) is 2. The van der Waals surface area contributed by atoms with Crippen LogP contribution in [0.3, 0.4) is 0 Å². The fourth-order valence-corrected chi connectivity index (χ4v) is 5.85. The van der Waals surface area contributed by atoms with Crippen LogP contribution in [-0.2, 0) is 25.7 Å². The Labute approximate surface area is 258 Å². The number of fused-ring (bicyclic) bond motifs is 1. The Bertz CT molecular complexity index is 1350. The van der Waals surface area contributed by atoms with Crippen molar-refractivity contribution in [2.24, 2.45) is 5.92 Å². The molecule has 236 valence electrons. The molecule has 0 radical (unpaired) electrons. The van der Waals surface area contributed by atoms with Crippen molar-refractivity contribution in [2.75, 3.05) is 32.1 Å². The number of nitrogens with zero attached hydrogens (tertiary/aromatic N) is 3. The van der Waals surface area contributed by atoms with Crippen LogP contribution in [0.15, 0.2) is 54.6 Å². The Balaban J connectivity index is 1.41. The van der Waals surface area contributed by atoms with Crippen LogP contribution in [0.1, 0.15) is 56.0 Å². The van der Waals surface area contributed by atoms with Gasteiger partial charge in [0.25, 0.3) is 5.91 Å². The first kappa shape index (κ1) is 32.5. The number of benzene rings is 2. The molecule has 0 spiro atoms. The third kappa shape index (κ3) is 7.56. The molecule has 4 amide bonds. The smallest absolute Gasteiger partial charge is 0.408 e. The Hall–Kier alpha value is -4.41. The summed E-state index contributed by atoms with van der Waals surface area (Å²) >= 11 is 0. The molecule has 2 fully saturated rings. The highest BCUT2D eigenvalue weighted by molar-refractivity contribution is 6.01. The Morgan fingerprint density at radius 2 is 1.59 bits per heavy atom. The van der Waals surface area contributed by atoms with Crippen molar-refractivity contribution < 1.29 is 28.7 Å². The van der Waals surface area contributed by atoms with E-state index in [0.717, 1.165) is 11.3 Å². The molecular weight excluding hydrogens is 562 g/mol. The van der Waals surface area contributed by atoms with Gasteiger partial charge in [0.05, 0.1) is 12.6 Å². The standard InChI is InChI=1S/C33H43N5O6/c1-6-25(35-33(43)44-20-22-10-8-7-9-11-22)31(41)38-19-28(39)29-27(38)16-17-37(29)32(42)26(18-21(2)3)34-30(40)23-12-14-24(15-13-23)36(4)5/h7-15,21,25-27,29H,6,16-20H2,1-5H3,(H,34,40)(H,35,43). The normalized spacial score (nSPS) is 18.9. The van der Waals surface area contributed by atoms with E-state index >= 15 is 0 Å². The first-order valence-electron chi connectivity index (χ1n) is 15.2. The number of rotatable bonds is 11. The predicted octanol–water partition coefficient (Wildman–Crippen LogP) is 2.98. The number of ether oxygens (including phenoxy) is 1. The van der Waals surface area contributed by atoms with E-state index in [0.29, 0.717) is 24.8 Å². The lowest BCUT2D eigenvalue weighted by molar-refractivity contribution is -0.138. The van der Waals surface area contributed by atoms with E-state index in [-0.39, 0.29) is 49.1 Å². The van der Waals surface area contributed by atoms with Crippen molar-refractivity contribution in [1.82, 2.24) is 20.4 Å². The number of Topliss-reactive ketones (excluding diaryl/α,β-unsaturated/α-hetero) is 1. The van der Waals surface area contributed by atoms with Crippen molar-refractivity contribution in [1.29, 1.82) is 0 Å². The molecule has 11 heteroatoms. The van der Waals surface area contributed by atoms with Crippen molar-refractivity contribution in [3.63, 3.8) is 0 Å². The molecule has 2 N–H and O–H groups in total. The van der Waals surface area contributed by atoms with Crippen molar-refractivity contribution >= 4 is 35.3 Å². The van der Waals surface area contributed by atoms with E-state index in [4.69, 9.17) is 4.74 Å². The number of carbonyl (C=O) groups excluding carboxylic acids is 5. The maximum absolute atomic E-state index is 13.9. The van der Waals surface area contributed by atoms with Gasteiger partial charge in [0, 0.05) is 31.9 Å². The monoisotopic (exact) mass is 605 g/mol. The summed E-state index contributed by atoms with van der Waals surface area (Å²) in [5.74, 6) is -1.20. The molecule has 4 unspecified atom stereocenters. The van der Waals surface area contributed by atoms with E-state index in [1.165, 1.54) is 9.80 Å². The van der Waals surface area contributed by atoms with Gasteiger partial charge in [-0.15, -0.1) is 0 Å². The van der Waals surface area contributed by atoms with E-state index in [1.54, 1.807) is 19.1 Å². The number of nitrogens with one attached hydrogen (secondary N) is 2. The average molecular weight is 606 g/mol. The molecule has 0 bridgehead atoms. The second-order valence-electron chi connectivity index (χ2n) is 12.0. The molecule has 4 rings (SSSR count). The topological polar surface area (TPSA) is 128 Å². The minimum atomic E-state index is -0.874. The Kier molecular flexibility index (Phi) is 10.6. The van der Waals surface area contributed by atoms with Gasteiger partial charge in [-0.2, -0.15) is 0 Å². The second-order valence-corrected chi connectivity index (χ2v) is 12.0. The number of ketones is 1. The van der Waals surface area contributed by atoms with E-state index in [1.807, 2.05) is 75.3 Å². The molecule has 44 heavy (non-hydrogen) atoms. The van der Waals surface area contributed by atoms with Gasteiger partial charge >= 0.3 is 6.09 Å². The molecule has 2 aromatic rings. The van der Waals surface area contributed by atoms with E-state index < -0.39 is 30.3 Å². The fraction of sp³-hybridized carbons (Fsp3) is 0.485.